The lowest BCUT2D eigenvalue weighted by atomic mass is 10.2. The topological polar surface area (TPSA) is 18.5 Å². The molecule has 0 saturated carbocycles. The van der Waals surface area contributed by atoms with E-state index in [1.807, 2.05) is 7.05 Å². The summed E-state index contributed by atoms with van der Waals surface area (Å²) in [5.74, 6) is 0. The first kappa shape index (κ1) is 11.9. The Bertz CT molecular complexity index is 114. The Labute approximate surface area is 76.7 Å². The van der Waals surface area contributed by atoms with E-state index in [4.69, 9.17) is 0 Å². The largest absolute Gasteiger partial charge is 0.308 e. The zero-order valence-corrected chi connectivity index (χ0v) is 9.26. The Morgan fingerprint density at radius 2 is 1.67 bits per heavy atom. The number of likely N-dealkylation sites (N-methyl/N-ethyl adjacent to an activating group) is 2. The molecule has 74 valence electrons. The fourth-order valence-electron chi connectivity index (χ4n) is 1.24. The molecular weight excluding hydrogens is 150 g/mol. The monoisotopic (exact) mass is 173 g/mol. The molecule has 0 aliphatic carbocycles. The summed E-state index contributed by atoms with van der Waals surface area (Å²) in [5, 5.41) is 3.23. The molecule has 0 aliphatic rings. The van der Waals surface area contributed by atoms with Gasteiger partial charge in [0.25, 0.3) is 0 Å². The highest BCUT2D eigenvalue weighted by molar-refractivity contribution is 4.69. The summed E-state index contributed by atoms with van der Waals surface area (Å²) in [6.45, 7) is 5.52. The SMILES string of the molecule is CNC(C)N(C)C(C)CN(C)C. The predicted molar refractivity (Wildman–Crippen MR) is 54.3 cm³/mol. The molecule has 0 aromatic carbocycles. The molecule has 2 unspecified atom stereocenters. The van der Waals surface area contributed by atoms with Crippen molar-refractivity contribution >= 4 is 0 Å². The summed E-state index contributed by atoms with van der Waals surface area (Å²) in [6.07, 6.45) is 0.444. The van der Waals surface area contributed by atoms with Crippen molar-refractivity contribution in [2.24, 2.45) is 0 Å². The van der Waals surface area contributed by atoms with Gasteiger partial charge in [-0.25, -0.2) is 0 Å². The van der Waals surface area contributed by atoms with Crippen LogP contribution in [0, 0.1) is 0 Å². The van der Waals surface area contributed by atoms with Gasteiger partial charge in [0.2, 0.25) is 0 Å². The molecule has 2 atom stereocenters. The highest BCUT2D eigenvalue weighted by Crippen LogP contribution is 2.00. The van der Waals surface area contributed by atoms with Crippen LogP contribution >= 0.6 is 0 Å². The summed E-state index contributed by atoms with van der Waals surface area (Å²) < 4.78 is 0. The molecule has 0 aliphatic heterocycles. The number of nitrogens with zero attached hydrogens (tertiary/aromatic N) is 2. The zero-order chi connectivity index (χ0) is 9.72. The summed E-state index contributed by atoms with van der Waals surface area (Å²) in [6, 6.07) is 0.586. The third kappa shape index (κ3) is 4.04. The Balaban J connectivity index is 3.83. The van der Waals surface area contributed by atoms with Gasteiger partial charge in [0.1, 0.15) is 0 Å². The molecule has 3 nitrogen and oxygen atoms in total. The van der Waals surface area contributed by atoms with E-state index in [0.717, 1.165) is 6.54 Å². The molecule has 0 aromatic heterocycles. The van der Waals surface area contributed by atoms with Crippen molar-refractivity contribution in [3.63, 3.8) is 0 Å². The minimum absolute atomic E-state index is 0.444. The van der Waals surface area contributed by atoms with Crippen LogP contribution < -0.4 is 5.32 Å². The molecular formula is C9H23N3. The molecule has 0 amide bonds. The van der Waals surface area contributed by atoms with E-state index in [9.17, 15) is 0 Å². The Hall–Kier alpha value is -0.120. The van der Waals surface area contributed by atoms with Crippen LogP contribution in [-0.4, -0.2) is 56.7 Å². The molecule has 12 heavy (non-hydrogen) atoms. The molecule has 0 fully saturated rings. The highest BCUT2D eigenvalue weighted by Gasteiger charge is 2.14. The molecule has 0 spiro atoms. The van der Waals surface area contributed by atoms with Crippen molar-refractivity contribution in [2.75, 3.05) is 34.7 Å². The van der Waals surface area contributed by atoms with E-state index in [1.54, 1.807) is 0 Å². The maximum Gasteiger partial charge on any atom is 0.0565 e. The van der Waals surface area contributed by atoms with E-state index in [1.165, 1.54) is 0 Å². The van der Waals surface area contributed by atoms with Gasteiger partial charge in [-0.1, -0.05) is 0 Å². The van der Waals surface area contributed by atoms with E-state index >= 15 is 0 Å². The first-order chi connectivity index (χ1) is 5.49. The van der Waals surface area contributed by atoms with E-state index in [-0.39, 0.29) is 0 Å². The van der Waals surface area contributed by atoms with Crippen LogP contribution in [-0.2, 0) is 0 Å². The van der Waals surface area contributed by atoms with Crippen molar-refractivity contribution < 1.29 is 0 Å². The third-order valence-corrected chi connectivity index (χ3v) is 2.35. The normalized spacial score (nSPS) is 17.0. The first-order valence-corrected chi connectivity index (χ1v) is 4.53. The second kappa shape index (κ2) is 5.51. The molecule has 0 radical (unpaired) electrons. The minimum atomic E-state index is 0.444. The third-order valence-electron chi connectivity index (χ3n) is 2.35. The second-order valence-corrected chi connectivity index (χ2v) is 3.74. The zero-order valence-electron chi connectivity index (χ0n) is 9.26. The molecule has 0 bridgehead atoms. The van der Waals surface area contributed by atoms with Gasteiger partial charge >= 0.3 is 0 Å². The molecule has 0 saturated heterocycles. The maximum absolute atomic E-state index is 3.23. The van der Waals surface area contributed by atoms with Crippen molar-refractivity contribution in [3.05, 3.63) is 0 Å². The molecule has 3 heteroatoms. The lowest BCUT2D eigenvalue weighted by Gasteiger charge is -2.32. The molecule has 0 aromatic rings. The number of nitrogens with one attached hydrogen (secondary N) is 1. The average molecular weight is 173 g/mol. The second-order valence-electron chi connectivity index (χ2n) is 3.74. The number of rotatable bonds is 5. The Kier molecular flexibility index (Phi) is 5.46. The smallest absolute Gasteiger partial charge is 0.0565 e. The fraction of sp³-hybridized carbons (Fsp3) is 1.00. The molecule has 1 N–H and O–H groups in total. The van der Waals surface area contributed by atoms with E-state index in [2.05, 4.69) is 50.1 Å². The summed E-state index contributed by atoms with van der Waals surface area (Å²) in [5.41, 5.74) is 0. The highest BCUT2D eigenvalue weighted by atomic mass is 15.3. The van der Waals surface area contributed by atoms with Crippen LogP contribution in [0.1, 0.15) is 13.8 Å². The van der Waals surface area contributed by atoms with Gasteiger partial charge in [0.15, 0.2) is 0 Å². The summed E-state index contributed by atoms with van der Waals surface area (Å²) in [4.78, 5) is 4.55. The lowest BCUT2D eigenvalue weighted by Crippen LogP contribution is -2.47. The molecule has 0 heterocycles. The Morgan fingerprint density at radius 1 is 1.17 bits per heavy atom. The van der Waals surface area contributed by atoms with E-state index < -0.39 is 0 Å². The maximum atomic E-state index is 3.23. The fourth-order valence-corrected chi connectivity index (χ4v) is 1.24. The minimum Gasteiger partial charge on any atom is -0.308 e. The van der Waals surface area contributed by atoms with Crippen molar-refractivity contribution in [2.45, 2.75) is 26.1 Å². The quantitative estimate of drug-likeness (QED) is 0.608. The van der Waals surface area contributed by atoms with Crippen molar-refractivity contribution in [3.8, 4) is 0 Å². The van der Waals surface area contributed by atoms with Gasteiger partial charge < -0.3 is 10.2 Å². The van der Waals surface area contributed by atoms with Crippen LogP contribution in [0.3, 0.4) is 0 Å². The van der Waals surface area contributed by atoms with Gasteiger partial charge in [-0.05, 0) is 42.0 Å². The number of hydrogen-bond donors (Lipinski definition) is 1. The van der Waals surface area contributed by atoms with Crippen LogP contribution in [0.2, 0.25) is 0 Å². The van der Waals surface area contributed by atoms with Crippen molar-refractivity contribution in [1.82, 2.24) is 15.1 Å². The van der Waals surface area contributed by atoms with E-state index in [0.29, 0.717) is 12.2 Å². The summed E-state index contributed by atoms with van der Waals surface area (Å²) >= 11 is 0. The predicted octanol–water partition coefficient (Wildman–Crippen LogP) is 0.434. The first-order valence-electron chi connectivity index (χ1n) is 4.53. The number of hydrogen-bond acceptors (Lipinski definition) is 3. The van der Waals surface area contributed by atoms with Crippen LogP contribution in [0.5, 0.6) is 0 Å². The van der Waals surface area contributed by atoms with Gasteiger partial charge in [0, 0.05) is 12.6 Å². The Morgan fingerprint density at radius 3 is 2.00 bits per heavy atom. The average Bonchev–Trinajstić information content (AvgIpc) is 2.00. The van der Waals surface area contributed by atoms with Crippen molar-refractivity contribution in [1.29, 1.82) is 0 Å². The summed E-state index contributed by atoms with van der Waals surface area (Å²) in [7, 11) is 8.35. The van der Waals surface area contributed by atoms with Gasteiger partial charge in [0.05, 0.1) is 6.17 Å². The molecule has 0 rings (SSSR count). The van der Waals surface area contributed by atoms with Crippen LogP contribution in [0.15, 0.2) is 0 Å². The standard InChI is InChI=1S/C9H23N3/c1-8(7-11(4)5)12(6)9(2)10-3/h8-10H,7H2,1-6H3. The van der Waals surface area contributed by atoms with Crippen LogP contribution in [0.4, 0.5) is 0 Å². The van der Waals surface area contributed by atoms with Gasteiger partial charge in [-0.3, -0.25) is 4.90 Å². The van der Waals surface area contributed by atoms with Gasteiger partial charge in [-0.15, -0.1) is 0 Å². The lowest BCUT2D eigenvalue weighted by molar-refractivity contribution is 0.148. The van der Waals surface area contributed by atoms with Gasteiger partial charge in [-0.2, -0.15) is 0 Å². The van der Waals surface area contributed by atoms with Crippen LogP contribution in [0.25, 0.3) is 0 Å².